The van der Waals surface area contributed by atoms with Crippen molar-refractivity contribution in [3.05, 3.63) is 40.6 Å². The molecule has 88 valence electrons. The summed E-state index contributed by atoms with van der Waals surface area (Å²) in [6.07, 6.45) is 2.30. The number of nitrogens with zero attached hydrogens (tertiary/aromatic N) is 1. The van der Waals surface area contributed by atoms with Crippen LogP contribution in [-0.2, 0) is 13.0 Å². The molecule has 1 aliphatic heterocycles. The molecule has 0 radical (unpaired) electrons. The Morgan fingerprint density at radius 2 is 2.12 bits per heavy atom. The van der Waals surface area contributed by atoms with Crippen LogP contribution in [0.4, 0.5) is 0 Å². The molecule has 17 heavy (non-hydrogen) atoms. The molecule has 2 heterocycles. The van der Waals surface area contributed by atoms with Gasteiger partial charge in [0.2, 0.25) is 0 Å². The first-order chi connectivity index (χ1) is 8.25. The Morgan fingerprint density at radius 3 is 3.00 bits per heavy atom. The third kappa shape index (κ3) is 1.83. The fourth-order valence-corrected chi connectivity index (χ4v) is 2.68. The van der Waals surface area contributed by atoms with Gasteiger partial charge in [0, 0.05) is 17.6 Å². The molecule has 1 aromatic heterocycles. The molecule has 0 aliphatic carbocycles. The molecular formula is C15H18N2. The fraction of sp³-hybridized carbons (Fsp3) is 0.400. The highest BCUT2D eigenvalue weighted by atomic mass is 14.9. The summed E-state index contributed by atoms with van der Waals surface area (Å²) in [6, 6.07) is 6.55. The van der Waals surface area contributed by atoms with E-state index in [1.54, 1.807) is 0 Å². The molecule has 0 fully saturated rings. The maximum absolute atomic E-state index is 4.84. The Balaban J connectivity index is 2.29. The van der Waals surface area contributed by atoms with Gasteiger partial charge in [-0.25, -0.2) is 0 Å². The van der Waals surface area contributed by atoms with Gasteiger partial charge in [0.1, 0.15) is 0 Å². The van der Waals surface area contributed by atoms with Gasteiger partial charge < -0.3 is 5.32 Å². The second kappa shape index (κ2) is 4.11. The van der Waals surface area contributed by atoms with E-state index in [0.29, 0.717) is 0 Å². The first-order valence-corrected chi connectivity index (χ1v) is 6.35. The van der Waals surface area contributed by atoms with Crippen LogP contribution in [0.25, 0.3) is 10.9 Å². The Morgan fingerprint density at radius 1 is 1.24 bits per heavy atom. The number of hydrogen-bond acceptors (Lipinski definition) is 2. The van der Waals surface area contributed by atoms with Crippen molar-refractivity contribution in [3.8, 4) is 0 Å². The van der Waals surface area contributed by atoms with Gasteiger partial charge in [0.15, 0.2) is 0 Å². The molecule has 1 N–H and O–H groups in total. The van der Waals surface area contributed by atoms with Crippen LogP contribution in [0.5, 0.6) is 0 Å². The van der Waals surface area contributed by atoms with E-state index in [4.69, 9.17) is 4.98 Å². The highest BCUT2D eigenvalue weighted by Crippen LogP contribution is 2.25. The van der Waals surface area contributed by atoms with Crippen LogP contribution < -0.4 is 5.32 Å². The molecule has 2 aromatic rings. The molecule has 0 saturated carbocycles. The van der Waals surface area contributed by atoms with Crippen LogP contribution in [0.2, 0.25) is 0 Å². The van der Waals surface area contributed by atoms with Gasteiger partial charge in [-0.15, -0.1) is 0 Å². The zero-order valence-corrected chi connectivity index (χ0v) is 10.5. The number of aromatic nitrogens is 1. The van der Waals surface area contributed by atoms with Crippen LogP contribution in [0, 0.1) is 13.8 Å². The van der Waals surface area contributed by atoms with Crippen molar-refractivity contribution in [2.24, 2.45) is 0 Å². The summed E-state index contributed by atoms with van der Waals surface area (Å²) in [4.78, 5) is 4.84. The molecule has 1 aliphatic rings. The molecule has 0 unspecified atom stereocenters. The third-order valence-electron chi connectivity index (χ3n) is 3.68. The molecule has 0 amide bonds. The monoisotopic (exact) mass is 226 g/mol. The Bertz CT molecular complexity index is 573. The highest BCUT2D eigenvalue weighted by Gasteiger charge is 2.14. The van der Waals surface area contributed by atoms with Gasteiger partial charge >= 0.3 is 0 Å². The van der Waals surface area contributed by atoms with Crippen LogP contribution >= 0.6 is 0 Å². The second-order valence-corrected chi connectivity index (χ2v) is 4.96. The first kappa shape index (κ1) is 10.7. The lowest BCUT2D eigenvalue weighted by atomic mass is 9.99. The molecule has 2 heteroatoms. The zero-order valence-electron chi connectivity index (χ0n) is 10.5. The molecule has 0 saturated heterocycles. The van der Waals surface area contributed by atoms with Gasteiger partial charge in [0.05, 0.1) is 5.52 Å². The Hall–Kier alpha value is -1.41. The third-order valence-corrected chi connectivity index (χ3v) is 3.68. The van der Waals surface area contributed by atoms with Gasteiger partial charge in [-0.1, -0.05) is 11.6 Å². The van der Waals surface area contributed by atoms with E-state index in [1.807, 2.05) is 0 Å². The average Bonchev–Trinajstić information content (AvgIpc) is 2.56. The summed E-state index contributed by atoms with van der Waals surface area (Å²) in [5.74, 6) is 0. The number of benzene rings is 1. The van der Waals surface area contributed by atoms with Crippen molar-refractivity contribution >= 4 is 10.9 Å². The summed E-state index contributed by atoms with van der Waals surface area (Å²) < 4.78 is 0. The lowest BCUT2D eigenvalue weighted by Gasteiger charge is -2.12. The second-order valence-electron chi connectivity index (χ2n) is 4.96. The molecule has 1 aromatic carbocycles. The summed E-state index contributed by atoms with van der Waals surface area (Å²) in [6.45, 7) is 6.45. The van der Waals surface area contributed by atoms with Crippen molar-refractivity contribution in [1.29, 1.82) is 0 Å². The number of rotatable bonds is 0. The summed E-state index contributed by atoms with van der Waals surface area (Å²) in [5, 5.41) is 4.80. The van der Waals surface area contributed by atoms with Gasteiger partial charge in [-0.05, 0) is 56.5 Å². The van der Waals surface area contributed by atoms with Crippen LogP contribution in [-0.4, -0.2) is 11.5 Å². The topological polar surface area (TPSA) is 24.9 Å². The minimum Gasteiger partial charge on any atom is -0.313 e. The average molecular weight is 226 g/mol. The normalized spacial score (nSPS) is 15.6. The molecule has 0 atom stereocenters. The van der Waals surface area contributed by atoms with Gasteiger partial charge in [-0.3, -0.25) is 4.98 Å². The lowest BCUT2D eigenvalue weighted by Crippen LogP contribution is -2.13. The van der Waals surface area contributed by atoms with E-state index in [0.717, 1.165) is 25.0 Å². The van der Waals surface area contributed by atoms with Crippen molar-refractivity contribution < 1.29 is 0 Å². The van der Waals surface area contributed by atoms with Gasteiger partial charge in [0.25, 0.3) is 0 Å². The number of fused-ring (bicyclic) bond motifs is 2. The lowest BCUT2D eigenvalue weighted by molar-refractivity contribution is 0.679. The van der Waals surface area contributed by atoms with Gasteiger partial charge in [-0.2, -0.15) is 0 Å². The van der Waals surface area contributed by atoms with E-state index >= 15 is 0 Å². The largest absolute Gasteiger partial charge is 0.313 e. The minimum atomic E-state index is 0.970. The van der Waals surface area contributed by atoms with Crippen LogP contribution in [0.1, 0.15) is 28.8 Å². The van der Waals surface area contributed by atoms with E-state index < -0.39 is 0 Å². The van der Waals surface area contributed by atoms with E-state index in [1.165, 1.54) is 34.2 Å². The number of nitrogens with one attached hydrogen (secondary N) is 1. The summed E-state index contributed by atoms with van der Waals surface area (Å²) >= 11 is 0. The van der Waals surface area contributed by atoms with E-state index in [9.17, 15) is 0 Å². The predicted octanol–water partition coefficient (Wildman–Crippen LogP) is 2.89. The Kier molecular flexibility index (Phi) is 2.60. The summed E-state index contributed by atoms with van der Waals surface area (Å²) in [7, 11) is 0. The number of hydrogen-bond donors (Lipinski definition) is 1. The SMILES string of the molecule is Cc1ccc2nc3c(c(C)c2c1)CNCCC3. The molecule has 0 spiro atoms. The van der Waals surface area contributed by atoms with E-state index in [2.05, 4.69) is 37.4 Å². The zero-order chi connectivity index (χ0) is 11.8. The minimum absolute atomic E-state index is 0.970. The highest BCUT2D eigenvalue weighted by molar-refractivity contribution is 5.84. The summed E-state index contributed by atoms with van der Waals surface area (Å²) in [5.41, 5.74) is 6.57. The molecule has 3 rings (SSSR count). The molecule has 0 bridgehead atoms. The van der Waals surface area contributed by atoms with Crippen molar-refractivity contribution in [1.82, 2.24) is 10.3 Å². The smallest absolute Gasteiger partial charge is 0.0708 e. The maximum atomic E-state index is 4.84. The first-order valence-electron chi connectivity index (χ1n) is 6.35. The quantitative estimate of drug-likeness (QED) is 0.747. The maximum Gasteiger partial charge on any atom is 0.0708 e. The van der Waals surface area contributed by atoms with Crippen LogP contribution in [0.3, 0.4) is 0 Å². The van der Waals surface area contributed by atoms with Crippen molar-refractivity contribution in [2.75, 3.05) is 6.54 Å². The predicted molar refractivity (Wildman–Crippen MR) is 71.2 cm³/mol. The fourth-order valence-electron chi connectivity index (χ4n) is 2.68. The standard InChI is InChI=1S/C15H18N2/c1-10-5-6-15-12(8-10)11(2)13-9-16-7-3-4-14(13)17-15/h5-6,8,16H,3-4,7,9H2,1-2H3. The van der Waals surface area contributed by atoms with Crippen molar-refractivity contribution in [2.45, 2.75) is 33.2 Å². The van der Waals surface area contributed by atoms with Crippen molar-refractivity contribution in [3.63, 3.8) is 0 Å². The number of aryl methyl sites for hydroxylation is 3. The Labute approximate surface area is 102 Å². The molecule has 2 nitrogen and oxygen atoms in total. The van der Waals surface area contributed by atoms with Crippen LogP contribution in [0.15, 0.2) is 18.2 Å². The molecular weight excluding hydrogens is 208 g/mol. The number of pyridine rings is 1. The van der Waals surface area contributed by atoms with E-state index in [-0.39, 0.29) is 0 Å².